The van der Waals surface area contributed by atoms with Crippen LogP contribution in [0.3, 0.4) is 0 Å². The molecule has 3 N–H and O–H groups in total. The number of nitrogens with one attached hydrogen (secondary N) is 2. The van der Waals surface area contributed by atoms with Crippen molar-refractivity contribution in [2.45, 2.75) is 6.04 Å². The molecular formula is C14H20FN3O3. The first-order valence-corrected chi connectivity index (χ1v) is 6.91. The first-order valence-electron chi connectivity index (χ1n) is 6.91. The lowest BCUT2D eigenvalue weighted by Crippen LogP contribution is -2.49. The fourth-order valence-corrected chi connectivity index (χ4v) is 2.16. The van der Waals surface area contributed by atoms with E-state index in [0.717, 1.165) is 13.1 Å². The maximum atomic E-state index is 13.0. The van der Waals surface area contributed by atoms with E-state index in [2.05, 4.69) is 15.5 Å². The van der Waals surface area contributed by atoms with Crippen LogP contribution in [0.4, 0.5) is 14.9 Å². The molecule has 1 aliphatic rings. The van der Waals surface area contributed by atoms with E-state index in [0.29, 0.717) is 25.4 Å². The van der Waals surface area contributed by atoms with Crippen molar-refractivity contribution in [3.05, 3.63) is 30.1 Å². The molecule has 1 aliphatic heterocycles. The average molecular weight is 297 g/mol. The van der Waals surface area contributed by atoms with Crippen LogP contribution in [0.1, 0.15) is 0 Å². The Hall–Kier alpha value is -1.70. The Kier molecular flexibility index (Phi) is 5.91. The number of aliphatic hydroxyl groups excluding tert-OH is 1. The monoisotopic (exact) mass is 297 g/mol. The molecule has 1 heterocycles. The molecule has 0 aromatic heterocycles. The second-order valence-electron chi connectivity index (χ2n) is 4.90. The molecule has 1 atom stereocenters. The molecule has 0 spiro atoms. The third kappa shape index (κ3) is 5.30. The number of benzene rings is 1. The summed E-state index contributed by atoms with van der Waals surface area (Å²) in [5.41, 5.74) is 0.371. The molecule has 2 rings (SSSR count). The first kappa shape index (κ1) is 15.7. The molecule has 2 amide bonds. The second-order valence-corrected chi connectivity index (χ2v) is 4.90. The number of carbonyl (C=O) groups is 1. The Morgan fingerprint density at radius 3 is 2.86 bits per heavy atom. The summed E-state index contributed by atoms with van der Waals surface area (Å²) < 4.78 is 18.3. The summed E-state index contributed by atoms with van der Waals surface area (Å²) in [6.07, 6.45) is 0. The molecule has 1 fully saturated rings. The molecule has 0 unspecified atom stereocenters. The second kappa shape index (κ2) is 7.92. The van der Waals surface area contributed by atoms with Gasteiger partial charge in [-0.1, -0.05) is 6.07 Å². The van der Waals surface area contributed by atoms with Crippen LogP contribution in [0.2, 0.25) is 0 Å². The third-order valence-electron chi connectivity index (χ3n) is 3.22. The Morgan fingerprint density at radius 1 is 1.43 bits per heavy atom. The number of halogens is 1. The summed E-state index contributed by atoms with van der Waals surface area (Å²) in [6.45, 7) is 3.28. The number of carbonyl (C=O) groups excluding carboxylic acids is 1. The lowest BCUT2D eigenvalue weighted by Gasteiger charge is -2.30. The summed E-state index contributed by atoms with van der Waals surface area (Å²) in [4.78, 5) is 14.0. The number of morpholine rings is 1. The molecule has 0 bridgehead atoms. The van der Waals surface area contributed by atoms with E-state index in [1.54, 1.807) is 6.07 Å². The zero-order valence-electron chi connectivity index (χ0n) is 11.7. The highest BCUT2D eigenvalue weighted by atomic mass is 19.1. The Bertz CT molecular complexity index is 467. The van der Waals surface area contributed by atoms with Gasteiger partial charge in [-0.3, -0.25) is 4.90 Å². The van der Waals surface area contributed by atoms with Gasteiger partial charge in [-0.15, -0.1) is 0 Å². The minimum absolute atomic E-state index is 0.159. The molecule has 7 heteroatoms. The largest absolute Gasteiger partial charge is 0.394 e. The Balaban J connectivity index is 1.81. The lowest BCUT2D eigenvalue weighted by molar-refractivity contribution is 0.0308. The molecule has 0 saturated carbocycles. The summed E-state index contributed by atoms with van der Waals surface area (Å²) in [7, 11) is 0. The number of ether oxygens (including phenoxy) is 1. The molecule has 6 nitrogen and oxygen atoms in total. The van der Waals surface area contributed by atoms with Crippen molar-refractivity contribution >= 4 is 11.7 Å². The van der Waals surface area contributed by atoms with Gasteiger partial charge in [0.25, 0.3) is 0 Å². The highest BCUT2D eigenvalue weighted by molar-refractivity contribution is 5.89. The first-order chi connectivity index (χ1) is 10.2. The maximum absolute atomic E-state index is 13.0. The predicted octanol–water partition coefficient (Wildman–Crippen LogP) is 0.640. The van der Waals surface area contributed by atoms with Gasteiger partial charge in [0.2, 0.25) is 0 Å². The van der Waals surface area contributed by atoms with Crippen LogP contribution in [-0.2, 0) is 4.74 Å². The highest BCUT2D eigenvalue weighted by Crippen LogP contribution is 2.08. The normalized spacial score (nSPS) is 17.2. The smallest absolute Gasteiger partial charge is 0.319 e. The standard InChI is InChI=1S/C14H20FN3O3/c15-11-2-1-3-12(8-11)16-14(20)17-13(10-19)9-18-4-6-21-7-5-18/h1-3,8,13,19H,4-7,9-10H2,(H2,16,17,20)/t13-/m0/s1. The minimum Gasteiger partial charge on any atom is -0.394 e. The van der Waals surface area contributed by atoms with E-state index in [9.17, 15) is 14.3 Å². The van der Waals surface area contributed by atoms with Crippen molar-refractivity contribution in [2.24, 2.45) is 0 Å². The van der Waals surface area contributed by atoms with Gasteiger partial charge >= 0.3 is 6.03 Å². The zero-order valence-corrected chi connectivity index (χ0v) is 11.7. The summed E-state index contributed by atoms with van der Waals surface area (Å²) >= 11 is 0. The van der Waals surface area contributed by atoms with Gasteiger partial charge in [0.05, 0.1) is 25.9 Å². The van der Waals surface area contributed by atoms with Crippen molar-refractivity contribution in [3.63, 3.8) is 0 Å². The molecule has 116 valence electrons. The molecule has 0 aliphatic carbocycles. The van der Waals surface area contributed by atoms with Crippen molar-refractivity contribution in [2.75, 3.05) is 44.8 Å². The number of anilines is 1. The van der Waals surface area contributed by atoms with Crippen LogP contribution in [0, 0.1) is 5.82 Å². The van der Waals surface area contributed by atoms with Crippen LogP contribution in [0.15, 0.2) is 24.3 Å². The van der Waals surface area contributed by atoms with E-state index >= 15 is 0 Å². The molecule has 21 heavy (non-hydrogen) atoms. The van der Waals surface area contributed by atoms with Gasteiger partial charge in [-0.2, -0.15) is 0 Å². The molecular weight excluding hydrogens is 277 g/mol. The topological polar surface area (TPSA) is 73.8 Å². The summed E-state index contributed by atoms with van der Waals surface area (Å²) in [5.74, 6) is -0.417. The van der Waals surface area contributed by atoms with Crippen LogP contribution < -0.4 is 10.6 Å². The number of rotatable bonds is 5. The van der Waals surface area contributed by atoms with E-state index in [4.69, 9.17) is 4.74 Å². The van der Waals surface area contributed by atoms with Gasteiger partial charge in [0.15, 0.2) is 0 Å². The van der Waals surface area contributed by atoms with E-state index in [1.165, 1.54) is 18.2 Å². The Morgan fingerprint density at radius 2 is 2.19 bits per heavy atom. The van der Waals surface area contributed by atoms with Gasteiger partial charge < -0.3 is 20.5 Å². The van der Waals surface area contributed by atoms with Gasteiger partial charge in [-0.05, 0) is 18.2 Å². The van der Waals surface area contributed by atoms with Gasteiger partial charge in [0, 0.05) is 25.3 Å². The molecule has 1 aromatic carbocycles. The molecule has 1 saturated heterocycles. The van der Waals surface area contributed by atoms with E-state index in [-0.39, 0.29) is 12.6 Å². The summed E-state index contributed by atoms with van der Waals surface area (Å²) in [5, 5.41) is 14.6. The number of aliphatic hydroxyl groups is 1. The van der Waals surface area contributed by atoms with Crippen molar-refractivity contribution in [1.29, 1.82) is 0 Å². The molecule has 1 aromatic rings. The average Bonchev–Trinajstić information content (AvgIpc) is 2.47. The van der Waals surface area contributed by atoms with Crippen molar-refractivity contribution in [3.8, 4) is 0 Å². The predicted molar refractivity (Wildman–Crippen MR) is 76.7 cm³/mol. The number of hydrogen-bond donors (Lipinski definition) is 3. The van der Waals surface area contributed by atoms with Crippen LogP contribution in [-0.4, -0.2) is 61.5 Å². The molecule has 0 radical (unpaired) electrons. The summed E-state index contributed by atoms with van der Waals surface area (Å²) in [6, 6.07) is 4.80. The van der Waals surface area contributed by atoms with Gasteiger partial charge in [-0.25, -0.2) is 9.18 Å². The van der Waals surface area contributed by atoms with Crippen molar-refractivity contribution in [1.82, 2.24) is 10.2 Å². The fraction of sp³-hybridized carbons (Fsp3) is 0.500. The quantitative estimate of drug-likeness (QED) is 0.746. The number of urea groups is 1. The van der Waals surface area contributed by atoms with Crippen LogP contribution >= 0.6 is 0 Å². The minimum atomic E-state index is -0.465. The van der Waals surface area contributed by atoms with Crippen LogP contribution in [0.5, 0.6) is 0 Å². The van der Waals surface area contributed by atoms with Gasteiger partial charge in [0.1, 0.15) is 5.82 Å². The van der Waals surface area contributed by atoms with Crippen LogP contribution in [0.25, 0.3) is 0 Å². The van der Waals surface area contributed by atoms with E-state index < -0.39 is 11.8 Å². The third-order valence-corrected chi connectivity index (χ3v) is 3.22. The number of amides is 2. The Labute approximate surface area is 122 Å². The highest BCUT2D eigenvalue weighted by Gasteiger charge is 2.18. The number of nitrogens with zero attached hydrogens (tertiary/aromatic N) is 1. The van der Waals surface area contributed by atoms with Crippen molar-refractivity contribution < 1.29 is 19.0 Å². The van der Waals surface area contributed by atoms with E-state index in [1.807, 2.05) is 0 Å². The SMILES string of the molecule is O=C(Nc1cccc(F)c1)N[C@H](CO)CN1CCOCC1. The lowest BCUT2D eigenvalue weighted by atomic mass is 10.2. The number of hydrogen-bond acceptors (Lipinski definition) is 4. The fourth-order valence-electron chi connectivity index (χ4n) is 2.16. The maximum Gasteiger partial charge on any atom is 0.319 e. The zero-order chi connectivity index (χ0) is 15.1.